The van der Waals surface area contributed by atoms with E-state index in [1.54, 1.807) is 0 Å². The molecular formula is C108H66Ir2N6. The molecular weight excluding hydrogens is 1770 g/mol. The van der Waals surface area contributed by atoms with Gasteiger partial charge in [-0.1, -0.05) is 222 Å². The van der Waals surface area contributed by atoms with Crippen LogP contribution in [0, 0.1) is 36.4 Å². The summed E-state index contributed by atoms with van der Waals surface area (Å²) < 4.78 is 0. The number of hydrogen-bond acceptors (Lipinski definition) is 6. The second kappa shape index (κ2) is 34.2. The zero-order chi connectivity index (χ0) is 75.9. The van der Waals surface area contributed by atoms with Gasteiger partial charge in [-0.15, -0.1) is 203 Å². The quantitative estimate of drug-likeness (QED) is 0.0797. The van der Waals surface area contributed by atoms with Crippen molar-refractivity contribution >= 4 is 0 Å². The monoisotopic (exact) mass is 1830 g/mol. The Balaban J connectivity index is 0.00000484. The Kier molecular flexibility index (Phi) is 22.0. The second-order valence-corrected chi connectivity index (χ2v) is 28.0. The average Bonchev–Trinajstić information content (AvgIpc) is 0.772. The van der Waals surface area contributed by atoms with Gasteiger partial charge >= 0.3 is 40.2 Å². The van der Waals surface area contributed by atoms with Gasteiger partial charge in [-0.25, -0.2) is 0 Å². The summed E-state index contributed by atoms with van der Waals surface area (Å²) in [6.07, 6.45) is 9.71. The predicted octanol–water partition coefficient (Wildman–Crippen LogP) is 26.9. The third-order valence-corrected chi connectivity index (χ3v) is 21.0. The predicted molar refractivity (Wildman–Crippen MR) is 464 cm³/mol. The van der Waals surface area contributed by atoms with E-state index in [1.165, 1.54) is 0 Å². The zero-order valence-electron chi connectivity index (χ0n) is 62.5. The minimum Gasteiger partial charge on any atom is -0.327 e. The average molecular weight is 1830 g/mol. The van der Waals surface area contributed by atoms with E-state index in [0.29, 0.717) is 5.82 Å². The first kappa shape index (κ1) is 74.8. The first-order valence-electron chi connectivity index (χ1n) is 38.0. The molecule has 0 radical (unpaired) electrons. The van der Waals surface area contributed by atoms with Crippen molar-refractivity contribution in [3.05, 3.63) is 437 Å². The molecule has 6 nitrogen and oxygen atoms in total. The fraction of sp³-hybridized carbons (Fsp3) is 0. The van der Waals surface area contributed by atoms with Crippen LogP contribution in [0.3, 0.4) is 0 Å². The molecule has 0 fully saturated rings. The van der Waals surface area contributed by atoms with Gasteiger partial charge < -0.3 is 24.9 Å². The molecule has 0 aliphatic heterocycles. The van der Waals surface area contributed by atoms with Gasteiger partial charge in [0, 0.05) is 31.0 Å². The summed E-state index contributed by atoms with van der Waals surface area (Å²) >= 11 is 0. The maximum Gasteiger partial charge on any atom is 3.00 e. The molecule has 5 heterocycles. The molecule has 0 unspecified atom stereocenters. The van der Waals surface area contributed by atoms with Gasteiger partial charge in [0.15, 0.2) is 0 Å². The molecule has 14 aromatic carbocycles. The number of nitrogens with zero attached hydrogens (tertiary/aromatic N) is 6. The van der Waals surface area contributed by atoms with Crippen LogP contribution in [-0.4, -0.2) is 29.9 Å². The number of aromatic nitrogens is 6. The summed E-state index contributed by atoms with van der Waals surface area (Å²) in [5, 5.41) is 0. The van der Waals surface area contributed by atoms with Gasteiger partial charge in [0.05, 0.1) is 5.82 Å². The SMILES string of the molecule is [Ir+3].[Ir+3].[c-]1ccccc1-c1ccc(-c2ccccc2-c2cc(-c3ccccc3-c3c[c-]c(-c4ccnc(-c5[c-]cc(-c6ccccc6-c6cc(-c7ccccc7-c7ccc(-c8[c-]cccc8)nc7)cc(-c7ccccc7-c7ccc(-c8[c-]cccc8)nc7)c6)cc5)n4)cc3)cc(-c3ccccc3-c3ccc(-c4[c-]cccc4)nc3)c2)cn1. The van der Waals surface area contributed by atoms with Crippen LogP contribution >= 0.6 is 0 Å². The van der Waals surface area contributed by atoms with E-state index in [2.05, 4.69) is 303 Å². The molecule has 5 aromatic heterocycles. The van der Waals surface area contributed by atoms with Crippen molar-refractivity contribution in [2.24, 2.45) is 0 Å². The van der Waals surface area contributed by atoms with E-state index in [4.69, 9.17) is 29.9 Å². The first-order chi connectivity index (χ1) is 56.5. The second-order valence-electron chi connectivity index (χ2n) is 28.0. The molecule has 0 amide bonds. The van der Waals surface area contributed by atoms with Crippen LogP contribution in [-0.2, 0) is 40.2 Å². The van der Waals surface area contributed by atoms with Gasteiger partial charge in [-0.2, -0.15) is 0 Å². The zero-order valence-corrected chi connectivity index (χ0v) is 67.2. The van der Waals surface area contributed by atoms with Crippen molar-refractivity contribution in [2.75, 3.05) is 0 Å². The van der Waals surface area contributed by atoms with E-state index in [1.807, 2.05) is 134 Å². The largest absolute Gasteiger partial charge is 3.00 e. The van der Waals surface area contributed by atoms with Crippen LogP contribution in [0.2, 0.25) is 0 Å². The molecule has 0 aliphatic rings. The third kappa shape index (κ3) is 15.7. The maximum atomic E-state index is 5.20. The molecule has 19 rings (SSSR count). The summed E-state index contributed by atoms with van der Waals surface area (Å²) in [6, 6.07) is 150. The normalized spacial score (nSPS) is 11.0. The standard InChI is InChI=1S/C108H66N6.2Ir/c1-5-25-75(26-6-1)103-57-53-81(69-110-103)93-35-15-21-41-99(93)87-63-85(64-88(67-87)100-42-22-16-36-94(100)82-54-58-104(111-70-82)76-27-7-2-8-28-76)97-39-19-13-33-91(97)73-45-49-79(50-46-73)107-61-62-109-108(114-107)80-51-47-74(48-52-80)92-34-14-20-40-98(92)86-65-89(101-43-23-17-37-95(101)83-55-59-105(112-71-83)77-29-9-3-10-30-77)68-90(66-86)102-44-24-18-38-96(102)84-56-60-106(113-72-84)78-31-11-4-12-32-78;;/h1-25,27,29,31,33-49,51,53-72H;;/q-6;2*+3. The van der Waals surface area contributed by atoms with E-state index in [0.717, 1.165) is 195 Å². The molecule has 0 atom stereocenters. The molecule has 0 N–H and O–H groups in total. The van der Waals surface area contributed by atoms with Crippen LogP contribution < -0.4 is 0 Å². The smallest absolute Gasteiger partial charge is 0.327 e. The fourth-order valence-corrected chi connectivity index (χ4v) is 15.3. The Labute approximate surface area is 703 Å². The Morgan fingerprint density at radius 2 is 0.405 bits per heavy atom. The maximum absolute atomic E-state index is 5.20. The molecule has 0 saturated carbocycles. The summed E-state index contributed by atoms with van der Waals surface area (Å²) in [5.74, 6) is 0.563. The van der Waals surface area contributed by atoms with E-state index >= 15 is 0 Å². The fourth-order valence-electron chi connectivity index (χ4n) is 15.3. The number of benzene rings is 14. The van der Waals surface area contributed by atoms with Gasteiger partial charge in [0.1, 0.15) is 0 Å². The summed E-state index contributed by atoms with van der Waals surface area (Å²) in [4.78, 5) is 29.9. The minimum absolute atomic E-state index is 0. The van der Waals surface area contributed by atoms with Crippen molar-refractivity contribution in [3.8, 4) is 201 Å². The summed E-state index contributed by atoms with van der Waals surface area (Å²) in [6.45, 7) is 0. The summed E-state index contributed by atoms with van der Waals surface area (Å²) in [7, 11) is 0. The Morgan fingerprint density at radius 1 is 0.172 bits per heavy atom. The van der Waals surface area contributed by atoms with Crippen molar-refractivity contribution < 1.29 is 40.2 Å². The molecule has 116 heavy (non-hydrogen) atoms. The molecule has 0 bridgehead atoms. The molecule has 0 spiro atoms. The third-order valence-electron chi connectivity index (χ3n) is 21.0. The van der Waals surface area contributed by atoms with Crippen molar-refractivity contribution in [1.82, 2.24) is 29.9 Å². The van der Waals surface area contributed by atoms with Crippen molar-refractivity contribution in [3.63, 3.8) is 0 Å². The van der Waals surface area contributed by atoms with Crippen LogP contribution in [0.5, 0.6) is 0 Å². The minimum atomic E-state index is 0. The molecule has 0 saturated heterocycles. The summed E-state index contributed by atoms with van der Waals surface area (Å²) in [5.41, 5.74) is 35.1. The first-order valence-corrected chi connectivity index (χ1v) is 38.0. The number of rotatable bonds is 18. The Morgan fingerprint density at radius 3 is 0.638 bits per heavy atom. The molecule has 546 valence electrons. The molecule has 0 aliphatic carbocycles. The van der Waals surface area contributed by atoms with Crippen LogP contribution in [0.1, 0.15) is 0 Å². The van der Waals surface area contributed by atoms with Crippen LogP contribution in [0.15, 0.2) is 401 Å². The molecule has 19 aromatic rings. The Bertz CT molecular complexity index is 5950. The van der Waals surface area contributed by atoms with Gasteiger partial charge in [-0.05, 0) is 176 Å². The van der Waals surface area contributed by atoms with Crippen molar-refractivity contribution in [1.29, 1.82) is 0 Å². The van der Waals surface area contributed by atoms with E-state index in [-0.39, 0.29) is 40.2 Å². The van der Waals surface area contributed by atoms with Crippen molar-refractivity contribution in [2.45, 2.75) is 0 Å². The molecule has 8 heteroatoms. The van der Waals surface area contributed by atoms with E-state index in [9.17, 15) is 0 Å². The van der Waals surface area contributed by atoms with E-state index < -0.39 is 0 Å². The Hall–Kier alpha value is -13.9. The number of pyridine rings is 4. The van der Waals surface area contributed by atoms with Gasteiger partial charge in [0.25, 0.3) is 0 Å². The van der Waals surface area contributed by atoms with Gasteiger partial charge in [0.2, 0.25) is 0 Å². The van der Waals surface area contributed by atoms with Gasteiger partial charge in [-0.3, -0.25) is 4.98 Å². The topological polar surface area (TPSA) is 77.3 Å². The van der Waals surface area contributed by atoms with Crippen LogP contribution in [0.4, 0.5) is 0 Å². The van der Waals surface area contributed by atoms with Crippen LogP contribution in [0.25, 0.3) is 201 Å². The number of hydrogen-bond donors (Lipinski definition) is 0.